The molecular formula is C23H20BrN3O. The maximum Gasteiger partial charge on any atom is 0.161 e. The van der Waals surface area contributed by atoms with Gasteiger partial charge in [-0.1, -0.05) is 40.2 Å². The van der Waals surface area contributed by atoms with E-state index in [-0.39, 0.29) is 5.78 Å². The number of carbonyl (C=O) groups excluding carboxylic acids is 1. The molecule has 1 aliphatic carbocycles. The molecule has 0 spiro atoms. The molecule has 0 fully saturated rings. The molecule has 5 heteroatoms. The second kappa shape index (κ2) is 7.29. The molecule has 0 amide bonds. The van der Waals surface area contributed by atoms with Crippen molar-refractivity contribution in [1.82, 2.24) is 0 Å². The average Bonchev–Trinajstić information content (AvgIpc) is 2.68. The molecule has 1 heterocycles. The van der Waals surface area contributed by atoms with Crippen molar-refractivity contribution in [1.29, 1.82) is 5.26 Å². The Labute approximate surface area is 173 Å². The van der Waals surface area contributed by atoms with Gasteiger partial charge < -0.3 is 5.73 Å². The number of hydrogen-bond donors (Lipinski definition) is 1. The summed E-state index contributed by atoms with van der Waals surface area (Å²) in [5.41, 5.74) is 11.5. The van der Waals surface area contributed by atoms with Crippen molar-refractivity contribution < 1.29 is 4.79 Å². The number of nitrogens with two attached hydrogens (primary N) is 1. The first-order valence-electron chi connectivity index (χ1n) is 9.29. The SMILES string of the molecule is Cc1cccc(N2C(N)=C(C#N)[C@@H](c3ccc(Br)cc3)C3=C2CCCC3=O)c1. The number of nitrogens with zero attached hydrogens (tertiary/aromatic N) is 2. The standard InChI is InChI=1S/C23H20BrN3O/c1-14-4-2-5-17(12-14)27-19-6-3-7-20(28)22(19)21(18(13-25)23(27)26)15-8-10-16(24)11-9-15/h2,4-5,8-12,21H,3,6-7,26H2,1H3/t21-/m1/s1. The van der Waals surface area contributed by atoms with E-state index in [1.165, 1.54) is 0 Å². The number of allylic oxidation sites excluding steroid dienone is 3. The number of carbonyl (C=O) groups is 1. The van der Waals surface area contributed by atoms with Gasteiger partial charge >= 0.3 is 0 Å². The van der Waals surface area contributed by atoms with Crippen LogP contribution in [0.15, 0.2) is 75.7 Å². The topological polar surface area (TPSA) is 70.1 Å². The largest absolute Gasteiger partial charge is 0.384 e. The summed E-state index contributed by atoms with van der Waals surface area (Å²) in [7, 11) is 0. The molecular weight excluding hydrogens is 414 g/mol. The number of benzene rings is 2. The Hall–Kier alpha value is -2.84. The highest BCUT2D eigenvalue weighted by Gasteiger charge is 2.40. The predicted molar refractivity (Wildman–Crippen MR) is 113 cm³/mol. The van der Waals surface area contributed by atoms with E-state index >= 15 is 0 Å². The van der Waals surface area contributed by atoms with Crippen molar-refractivity contribution in [3.05, 3.63) is 86.8 Å². The Morgan fingerprint density at radius 3 is 2.61 bits per heavy atom. The number of rotatable bonds is 2. The molecule has 140 valence electrons. The van der Waals surface area contributed by atoms with Crippen molar-refractivity contribution in [3.63, 3.8) is 0 Å². The second-order valence-corrected chi connectivity index (χ2v) is 8.12. The van der Waals surface area contributed by atoms with E-state index in [4.69, 9.17) is 5.73 Å². The van der Waals surface area contributed by atoms with Crippen molar-refractivity contribution in [2.75, 3.05) is 4.90 Å². The van der Waals surface area contributed by atoms with Gasteiger partial charge in [-0.25, -0.2) is 0 Å². The molecule has 2 aromatic carbocycles. The molecule has 0 radical (unpaired) electrons. The summed E-state index contributed by atoms with van der Waals surface area (Å²) in [6, 6.07) is 18.1. The van der Waals surface area contributed by atoms with E-state index in [1.54, 1.807) is 0 Å². The maximum absolute atomic E-state index is 13.0. The van der Waals surface area contributed by atoms with Crippen LogP contribution in [0.4, 0.5) is 5.69 Å². The van der Waals surface area contributed by atoms with E-state index in [0.717, 1.165) is 39.8 Å². The number of anilines is 1. The lowest BCUT2D eigenvalue weighted by Crippen LogP contribution is -2.38. The molecule has 2 aromatic rings. The second-order valence-electron chi connectivity index (χ2n) is 7.21. The van der Waals surface area contributed by atoms with Crippen molar-refractivity contribution in [3.8, 4) is 6.07 Å². The van der Waals surface area contributed by atoms with Crippen LogP contribution in [0.3, 0.4) is 0 Å². The number of nitriles is 1. The number of Topliss-reactive ketones (excluding diaryl/α,β-unsaturated/α-hetero) is 1. The minimum absolute atomic E-state index is 0.104. The first kappa shape index (κ1) is 18.5. The normalized spacial score (nSPS) is 19.5. The fourth-order valence-electron chi connectivity index (χ4n) is 4.14. The smallest absolute Gasteiger partial charge is 0.161 e. The number of aryl methyl sites for hydroxylation is 1. The quantitative estimate of drug-likeness (QED) is 0.717. The Balaban J connectivity index is 1.97. The van der Waals surface area contributed by atoms with Crippen molar-refractivity contribution >= 4 is 27.4 Å². The van der Waals surface area contributed by atoms with Gasteiger partial charge in [-0.15, -0.1) is 0 Å². The highest BCUT2D eigenvalue weighted by molar-refractivity contribution is 9.10. The third kappa shape index (κ3) is 3.04. The molecule has 2 N–H and O–H groups in total. The third-order valence-corrected chi connectivity index (χ3v) is 5.91. The van der Waals surface area contributed by atoms with Gasteiger partial charge in [-0.3, -0.25) is 9.69 Å². The van der Waals surface area contributed by atoms with Crippen LogP contribution in [0.1, 0.15) is 36.3 Å². The molecule has 1 aliphatic heterocycles. The molecule has 1 atom stereocenters. The monoisotopic (exact) mass is 433 g/mol. The maximum atomic E-state index is 13.0. The number of hydrogen-bond acceptors (Lipinski definition) is 4. The first-order chi connectivity index (χ1) is 13.5. The Morgan fingerprint density at radius 2 is 1.93 bits per heavy atom. The van der Waals surface area contributed by atoms with E-state index < -0.39 is 5.92 Å². The van der Waals surface area contributed by atoms with Crippen molar-refractivity contribution in [2.45, 2.75) is 32.1 Å². The minimum atomic E-state index is -0.415. The molecule has 2 aliphatic rings. The lowest BCUT2D eigenvalue weighted by atomic mass is 9.75. The van der Waals surface area contributed by atoms with Gasteiger partial charge in [0.15, 0.2) is 5.78 Å². The van der Waals surface area contributed by atoms with Crippen LogP contribution in [0.5, 0.6) is 0 Å². The Kier molecular flexibility index (Phi) is 4.82. The van der Waals surface area contributed by atoms with Gasteiger partial charge in [-0.2, -0.15) is 5.26 Å². The lowest BCUT2D eigenvalue weighted by Gasteiger charge is -2.39. The fraction of sp³-hybridized carbons (Fsp3) is 0.217. The van der Waals surface area contributed by atoms with E-state index in [9.17, 15) is 10.1 Å². The first-order valence-corrected chi connectivity index (χ1v) is 10.1. The van der Waals surface area contributed by atoms with Crippen molar-refractivity contribution in [2.24, 2.45) is 5.73 Å². The van der Waals surface area contributed by atoms with Crippen LogP contribution in [0.2, 0.25) is 0 Å². The van der Waals surface area contributed by atoms with Crippen LogP contribution >= 0.6 is 15.9 Å². The van der Waals surface area contributed by atoms with Gasteiger partial charge in [0.1, 0.15) is 5.82 Å². The van der Waals surface area contributed by atoms with Crippen LogP contribution in [0, 0.1) is 18.3 Å². The molecule has 4 rings (SSSR count). The van der Waals surface area contributed by atoms with Gasteiger partial charge in [0.25, 0.3) is 0 Å². The van der Waals surface area contributed by atoms with Crippen LogP contribution in [0.25, 0.3) is 0 Å². The zero-order valence-electron chi connectivity index (χ0n) is 15.6. The number of halogens is 1. The van der Waals surface area contributed by atoms with E-state index in [1.807, 2.05) is 60.4 Å². The molecule has 0 aromatic heterocycles. The van der Waals surface area contributed by atoms with Gasteiger partial charge in [0.2, 0.25) is 0 Å². The van der Waals surface area contributed by atoms with Crippen LogP contribution in [-0.4, -0.2) is 5.78 Å². The zero-order valence-corrected chi connectivity index (χ0v) is 17.2. The summed E-state index contributed by atoms with van der Waals surface area (Å²) in [5, 5.41) is 9.99. The minimum Gasteiger partial charge on any atom is -0.384 e. The molecule has 4 nitrogen and oxygen atoms in total. The average molecular weight is 434 g/mol. The third-order valence-electron chi connectivity index (χ3n) is 5.38. The van der Waals surface area contributed by atoms with E-state index in [0.29, 0.717) is 23.4 Å². The molecule has 0 saturated carbocycles. The lowest BCUT2D eigenvalue weighted by molar-refractivity contribution is -0.116. The molecule has 0 unspecified atom stereocenters. The summed E-state index contributed by atoms with van der Waals surface area (Å²) in [6.45, 7) is 2.02. The highest BCUT2D eigenvalue weighted by atomic mass is 79.9. The highest BCUT2D eigenvalue weighted by Crippen LogP contribution is 2.46. The predicted octanol–water partition coefficient (Wildman–Crippen LogP) is 5.06. The Morgan fingerprint density at radius 1 is 1.18 bits per heavy atom. The summed E-state index contributed by atoms with van der Waals surface area (Å²) >= 11 is 3.45. The van der Waals surface area contributed by atoms with E-state index in [2.05, 4.69) is 22.0 Å². The van der Waals surface area contributed by atoms with Crippen LogP contribution in [-0.2, 0) is 4.79 Å². The summed E-state index contributed by atoms with van der Waals surface area (Å²) in [5.74, 6) is 0.100. The van der Waals surface area contributed by atoms with Gasteiger partial charge in [0, 0.05) is 27.9 Å². The molecule has 0 bridgehead atoms. The Bertz CT molecular complexity index is 1060. The fourth-order valence-corrected chi connectivity index (χ4v) is 4.40. The van der Waals surface area contributed by atoms with Gasteiger partial charge in [-0.05, 0) is 55.2 Å². The molecule has 0 saturated heterocycles. The summed E-state index contributed by atoms with van der Waals surface area (Å²) in [6.07, 6.45) is 2.07. The summed E-state index contributed by atoms with van der Waals surface area (Å²) in [4.78, 5) is 14.9. The van der Waals surface area contributed by atoms with Crippen LogP contribution < -0.4 is 10.6 Å². The van der Waals surface area contributed by atoms with Gasteiger partial charge in [0.05, 0.1) is 17.6 Å². The molecule has 28 heavy (non-hydrogen) atoms. The summed E-state index contributed by atoms with van der Waals surface area (Å²) < 4.78 is 0.952. The number of ketones is 1. The zero-order chi connectivity index (χ0) is 19.8.